The lowest BCUT2D eigenvalue weighted by Crippen LogP contribution is -2.31. The SMILES string of the molecule is Cc1ccc(Nc2ncnc(N3CCc4ccccc4C3)c2N)c(C)c1. The van der Waals surface area contributed by atoms with Gasteiger partial charge in [0.15, 0.2) is 11.6 Å². The summed E-state index contributed by atoms with van der Waals surface area (Å²) in [4.78, 5) is 11.1. The molecule has 0 spiro atoms. The van der Waals surface area contributed by atoms with Crippen LogP contribution in [0.15, 0.2) is 48.8 Å². The molecule has 2 heterocycles. The van der Waals surface area contributed by atoms with Crippen LogP contribution in [0.4, 0.5) is 23.0 Å². The molecule has 0 bridgehead atoms. The van der Waals surface area contributed by atoms with Gasteiger partial charge in [0.2, 0.25) is 0 Å². The van der Waals surface area contributed by atoms with Gasteiger partial charge in [-0.15, -0.1) is 0 Å². The smallest absolute Gasteiger partial charge is 0.159 e. The summed E-state index contributed by atoms with van der Waals surface area (Å²) in [5, 5.41) is 3.36. The molecule has 1 aromatic heterocycles. The molecular formula is C21H23N5. The fraction of sp³-hybridized carbons (Fsp3) is 0.238. The zero-order chi connectivity index (χ0) is 18.1. The maximum atomic E-state index is 6.43. The van der Waals surface area contributed by atoms with E-state index in [4.69, 9.17) is 5.73 Å². The molecule has 0 aliphatic carbocycles. The normalized spacial score (nSPS) is 13.4. The summed E-state index contributed by atoms with van der Waals surface area (Å²) in [7, 11) is 0. The van der Waals surface area contributed by atoms with Gasteiger partial charge < -0.3 is 16.0 Å². The second-order valence-electron chi connectivity index (χ2n) is 6.84. The lowest BCUT2D eigenvalue weighted by Gasteiger charge is -2.30. The molecule has 1 aliphatic heterocycles. The van der Waals surface area contributed by atoms with E-state index in [0.29, 0.717) is 11.5 Å². The molecule has 0 unspecified atom stereocenters. The molecule has 2 aromatic carbocycles. The summed E-state index contributed by atoms with van der Waals surface area (Å²) in [6, 6.07) is 14.8. The third kappa shape index (κ3) is 3.08. The highest BCUT2D eigenvalue weighted by Gasteiger charge is 2.20. The Kier molecular flexibility index (Phi) is 4.21. The summed E-state index contributed by atoms with van der Waals surface area (Å²) in [6.07, 6.45) is 2.58. The molecule has 0 radical (unpaired) electrons. The van der Waals surface area contributed by atoms with E-state index in [-0.39, 0.29) is 0 Å². The first kappa shape index (κ1) is 16.4. The number of hydrogen-bond acceptors (Lipinski definition) is 5. The Labute approximate surface area is 153 Å². The molecule has 1 aliphatic rings. The van der Waals surface area contributed by atoms with Crippen LogP contribution >= 0.6 is 0 Å². The fourth-order valence-corrected chi connectivity index (χ4v) is 3.50. The third-order valence-corrected chi connectivity index (χ3v) is 4.93. The van der Waals surface area contributed by atoms with Crippen molar-refractivity contribution in [3.05, 3.63) is 71.0 Å². The Balaban J connectivity index is 1.62. The van der Waals surface area contributed by atoms with Gasteiger partial charge in [-0.2, -0.15) is 0 Å². The van der Waals surface area contributed by atoms with Crippen molar-refractivity contribution >= 4 is 23.0 Å². The largest absolute Gasteiger partial charge is 0.393 e. The van der Waals surface area contributed by atoms with E-state index in [1.807, 2.05) is 0 Å². The summed E-state index contributed by atoms with van der Waals surface area (Å²) >= 11 is 0. The molecule has 26 heavy (non-hydrogen) atoms. The van der Waals surface area contributed by atoms with Crippen LogP contribution in [0, 0.1) is 13.8 Å². The molecule has 4 rings (SSSR count). The number of hydrogen-bond donors (Lipinski definition) is 2. The van der Waals surface area contributed by atoms with E-state index in [9.17, 15) is 0 Å². The Morgan fingerprint density at radius 3 is 2.65 bits per heavy atom. The van der Waals surface area contributed by atoms with Crippen LogP contribution in [0.3, 0.4) is 0 Å². The van der Waals surface area contributed by atoms with E-state index in [1.54, 1.807) is 6.33 Å². The number of benzene rings is 2. The van der Waals surface area contributed by atoms with Crippen LogP contribution in [0.5, 0.6) is 0 Å². The summed E-state index contributed by atoms with van der Waals surface area (Å²) in [5.41, 5.74) is 13.2. The van der Waals surface area contributed by atoms with Crippen LogP contribution in [0.2, 0.25) is 0 Å². The van der Waals surface area contributed by atoms with E-state index in [2.05, 4.69) is 76.5 Å². The van der Waals surface area contributed by atoms with Gasteiger partial charge in [0, 0.05) is 18.8 Å². The molecule has 0 atom stereocenters. The van der Waals surface area contributed by atoms with Gasteiger partial charge in [0.1, 0.15) is 12.0 Å². The highest BCUT2D eigenvalue weighted by molar-refractivity contribution is 5.79. The number of anilines is 4. The highest BCUT2D eigenvalue weighted by atomic mass is 15.2. The Morgan fingerprint density at radius 1 is 1.04 bits per heavy atom. The minimum atomic E-state index is 0.590. The van der Waals surface area contributed by atoms with Gasteiger partial charge in [-0.3, -0.25) is 0 Å². The molecule has 5 heteroatoms. The number of nitrogens with zero attached hydrogens (tertiary/aromatic N) is 3. The molecule has 0 fully saturated rings. The van der Waals surface area contributed by atoms with Gasteiger partial charge in [-0.05, 0) is 43.0 Å². The minimum absolute atomic E-state index is 0.590. The van der Waals surface area contributed by atoms with Crippen molar-refractivity contribution in [3.63, 3.8) is 0 Å². The Bertz CT molecular complexity index is 951. The van der Waals surface area contributed by atoms with Crippen molar-refractivity contribution in [1.82, 2.24) is 9.97 Å². The number of nitrogens with one attached hydrogen (secondary N) is 1. The van der Waals surface area contributed by atoms with Crippen molar-refractivity contribution in [3.8, 4) is 0 Å². The van der Waals surface area contributed by atoms with Crippen LogP contribution in [-0.4, -0.2) is 16.5 Å². The molecule has 3 aromatic rings. The minimum Gasteiger partial charge on any atom is -0.393 e. The Morgan fingerprint density at radius 2 is 1.85 bits per heavy atom. The zero-order valence-corrected chi connectivity index (χ0v) is 15.2. The predicted octanol–water partition coefficient (Wildman–Crippen LogP) is 3.98. The first-order valence-corrected chi connectivity index (χ1v) is 8.88. The van der Waals surface area contributed by atoms with Crippen LogP contribution in [0.1, 0.15) is 22.3 Å². The number of rotatable bonds is 3. The summed E-state index contributed by atoms with van der Waals surface area (Å²) in [5.74, 6) is 1.45. The van der Waals surface area contributed by atoms with Gasteiger partial charge in [-0.1, -0.05) is 42.0 Å². The zero-order valence-electron chi connectivity index (χ0n) is 15.2. The molecule has 3 N–H and O–H groups in total. The second-order valence-corrected chi connectivity index (χ2v) is 6.84. The number of fused-ring (bicyclic) bond motifs is 1. The van der Waals surface area contributed by atoms with Gasteiger partial charge in [-0.25, -0.2) is 9.97 Å². The summed E-state index contributed by atoms with van der Waals surface area (Å²) < 4.78 is 0. The highest BCUT2D eigenvalue weighted by Crippen LogP contribution is 2.32. The van der Waals surface area contributed by atoms with Crippen LogP contribution < -0.4 is 16.0 Å². The van der Waals surface area contributed by atoms with Crippen molar-refractivity contribution in [1.29, 1.82) is 0 Å². The molecular weight excluding hydrogens is 322 g/mol. The molecule has 0 saturated heterocycles. The number of aryl methyl sites for hydroxylation is 2. The molecule has 0 amide bonds. The van der Waals surface area contributed by atoms with Crippen LogP contribution in [0.25, 0.3) is 0 Å². The number of nitrogens with two attached hydrogens (primary N) is 1. The Hall–Kier alpha value is -3.08. The number of nitrogen functional groups attached to an aromatic ring is 1. The molecule has 132 valence electrons. The lowest BCUT2D eigenvalue weighted by atomic mass is 10.00. The van der Waals surface area contributed by atoms with E-state index < -0.39 is 0 Å². The number of aromatic nitrogens is 2. The van der Waals surface area contributed by atoms with Crippen LogP contribution in [-0.2, 0) is 13.0 Å². The monoisotopic (exact) mass is 345 g/mol. The van der Waals surface area contributed by atoms with Crippen molar-refractivity contribution in [2.24, 2.45) is 0 Å². The van der Waals surface area contributed by atoms with E-state index in [1.165, 1.54) is 16.7 Å². The maximum Gasteiger partial charge on any atom is 0.159 e. The van der Waals surface area contributed by atoms with Crippen molar-refractivity contribution < 1.29 is 0 Å². The van der Waals surface area contributed by atoms with E-state index >= 15 is 0 Å². The average molecular weight is 345 g/mol. The molecule has 0 saturated carbocycles. The van der Waals surface area contributed by atoms with Gasteiger partial charge >= 0.3 is 0 Å². The predicted molar refractivity (Wildman–Crippen MR) is 107 cm³/mol. The van der Waals surface area contributed by atoms with Crippen molar-refractivity contribution in [2.45, 2.75) is 26.8 Å². The lowest BCUT2D eigenvalue weighted by molar-refractivity contribution is 0.721. The fourth-order valence-electron chi connectivity index (χ4n) is 3.50. The standard InChI is InChI=1S/C21H23N5/c1-14-7-8-18(15(2)11-14)25-20-19(22)21(24-13-23-20)26-10-9-16-5-3-4-6-17(16)12-26/h3-8,11,13H,9-10,12,22H2,1-2H3,(H,23,24,25). The topological polar surface area (TPSA) is 67.1 Å². The summed E-state index contributed by atoms with van der Waals surface area (Å²) in [6.45, 7) is 5.89. The second kappa shape index (κ2) is 6.67. The maximum absolute atomic E-state index is 6.43. The van der Waals surface area contributed by atoms with Gasteiger partial charge in [0.05, 0.1) is 0 Å². The third-order valence-electron chi connectivity index (χ3n) is 4.93. The average Bonchev–Trinajstić information content (AvgIpc) is 2.65. The van der Waals surface area contributed by atoms with E-state index in [0.717, 1.165) is 36.6 Å². The quantitative estimate of drug-likeness (QED) is 0.751. The molecule has 5 nitrogen and oxygen atoms in total. The first-order chi connectivity index (χ1) is 12.6. The van der Waals surface area contributed by atoms with Gasteiger partial charge in [0.25, 0.3) is 0 Å². The first-order valence-electron chi connectivity index (χ1n) is 8.88. The van der Waals surface area contributed by atoms with Crippen molar-refractivity contribution in [2.75, 3.05) is 22.5 Å².